The van der Waals surface area contributed by atoms with E-state index in [1.54, 1.807) is 25.1 Å². The first kappa shape index (κ1) is 31.4. The van der Waals surface area contributed by atoms with E-state index in [1.165, 1.54) is 36.3 Å². The lowest BCUT2D eigenvalue weighted by Gasteiger charge is -2.32. The third-order valence-electron chi connectivity index (χ3n) is 6.16. The minimum atomic E-state index is -4.25. The van der Waals surface area contributed by atoms with E-state index < -0.39 is 28.5 Å². The fourth-order valence-corrected chi connectivity index (χ4v) is 5.83. The maximum Gasteiger partial charge on any atom is 0.264 e. The van der Waals surface area contributed by atoms with Crippen LogP contribution in [0.2, 0.25) is 5.02 Å². The van der Waals surface area contributed by atoms with Crippen LogP contribution in [0.5, 0.6) is 5.75 Å². The number of amides is 2. The Labute approximate surface area is 249 Å². The third-order valence-corrected chi connectivity index (χ3v) is 8.70. The number of hydrogen-bond acceptors (Lipinski definition) is 5. The van der Waals surface area contributed by atoms with Gasteiger partial charge in [0, 0.05) is 22.1 Å². The van der Waals surface area contributed by atoms with Gasteiger partial charge in [-0.2, -0.15) is 0 Å². The molecule has 0 aliphatic rings. The van der Waals surface area contributed by atoms with E-state index >= 15 is 0 Å². The lowest BCUT2D eigenvalue weighted by molar-refractivity contribution is -0.139. The Morgan fingerprint density at radius 3 is 2.20 bits per heavy atom. The van der Waals surface area contributed by atoms with Crippen LogP contribution in [0, 0.1) is 6.92 Å². The van der Waals surface area contributed by atoms with Crippen LogP contribution in [0.3, 0.4) is 0 Å². The first-order valence-corrected chi connectivity index (χ1v) is 15.2. The zero-order valence-electron chi connectivity index (χ0n) is 23.0. The predicted octanol–water partition coefficient (Wildman–Crippen LogP) is 5.56. The number of nitrogens with zero attached hydrogens (tertiary/aromatic N) is 2. The highest BCUT2D eigenvalue weighted by atomic mass is 79.9. The number of carbonyl (C=O) groups is 2. The zero-order chi connectivity index (χ0) is 29.6. The van der Waals surface area contributed by atoms with Crippen LogP contribution in [0.1, 0.15) is 31.9 Å². The first-order chi connectivity index (χ1) is 18.8. The van der Waals surface area contributed by atoms with Gasteiger partial charge >= 0.3 is 0 Å². The molecule has 8 nitrogen and oxygen atoms in total. The SMILES string of the molecule is COc1ccc(Cl)cc1N(CC(=O)N(Cc1ccc(Br)cc1)[C@H](C)C(=O)NC(C)C)S(=O)(=O)c1ccc(C)cc1. The Morgan fingerprint density at radius 1 is 1.00 bits per heavy atom. The predicted molar refractivity (Wildman–Crippen MR) is 161 cm³/mol. The molecule has 1 atom stereocenters. The highest BCUT2D eigenvalue weighted by Gasteiger charge is 2.34. The highest BCUT2D eigenvalue weighted by molar-refractivity contribution is 9.10. The Balaban J connectivity index is 2.10. The minimum Gasteiger partial charge on any atom is -0.495 e. The molecule has 3 aromatic carbocycles. The van der Waals surface area contributed by atoms with E-state index in [1.807, 2.05) is 45.0 Å². The van der Waals surface area contributed by atoms with E-state index in [2.05, 4.69) is 21.2 Å². The summed E-state index contributed by atoms with van der Waals surface area (Å²) in [4.78, 5) is 28.4. The topological polar surface area (TPSA) is 96.0 Å². The molecule has 0 unspecified atom stereocenters. The molecule has 0 aromatic heterocycles. The number of rotatable bonds is 11. The summed E-state index contributed by atoms with van der Waals surface area (Å²) in [6, 6.07) is 17.2. The number of aryl methyl sites for hydroxylation is 1. The fourth-order valence-electron chi connectivity index (χ4n) is 3.98. The second kappa shape index (κ2) is 13.5. The molecule has 0 bridgehead atoms. The molecule has 0 heterocycles. The maximum absolute atomic E-state index is 14.0. The molecule has 11 heteroatoms. The Kier molecular flexibility index (Phi) is 10.6. The summed E-state index contributed by atoms with van der Waals surface area (Å²) < 4.78 is 35.3. The van der Waals surface area contributed by atoms with Gasteiger partial charge in [0.1, 0.15) is 18.3 Å². The summed E-state index contributed by atoms with van der Waals surface area (Å²) in [7, 11) is -2.85. The Bertz CT molecular complexity index is 1450. The summed E-state index contributed by atoms with van der Waals surface area (Å²) in [5.41, 5.74) is 1.76. The number of hydrogen-bond donors (Lipinski definition) is 1. The largest absolute Gasteiger partial charge is 0.495 e. The van der Waals surface area contributed by atoms with E-state index in [4.69, 9.17) is 16.3 Å². The first-order valence-electron chi connectivity index (χ1n) is 12.6. The molecule has 3 aromatic rings. The maximum atomic E-state index is 14.0. The number of carbonyl (C=O) groups excluding carboxylic acids is 2. The molecular formula is C29H33BrClN3O5S. The van der Waals surface area contributed by atoms with Crippen molar-refractivity contribution in [1.82, 2.24) is 10.2 Å². The summed E-state index contributed by atoms with van der Waals surface area (Å²) in [6.45, 7) is 6.61. The lowest BCUT2D eigenvalue weighted by Crippen LogP contribution is -2.52. The molecule has 2 amide bonds. The molecular weight excluding hydrogens is 618 g/mol. The van der Waals surface area contributed by atoms with Crippen LogP contribution in [0.4, 0.5) is 5.69 Å². The number of anilines is 1. The van der Waals surface area contributed by atoms with E-state index in [9.17, 15) is 18.0 Å². The number of benzene rings is 3. The molecule has 0 aliphatic heterocycles. The summed E-state index contributed by atoms with van der Waals surface area (Å²) in [6.07, 6.45) is 0. The van der Waals surface area contributed by atoms with Crippen molar-refractivity contribution in [1.29, 1.82) is 0 Å². The minimum absolute atomic E-state index is 0.00186. The standard InChI is InChI=1S/C29H33BrClN3O5S/c1-19(2)32-29(36)21(4)33(17-22-8-10-23(30)11-9-22)28(35)18-34(26-16-24(31)12-15-27(26)39-5)40(37,38)25-13-6-20(3)7-14-25/h6-16,19,21H,17-18H2,1-5H3,(H,32,36)/t21-/m1/s1. The van der Waals surface area contributed by atoms with Crippen LogP contribution in [0.25, 0.3) is 0 Å². The van der Waals surface area contributed by atoms with Gasteiger partial charge < -0.3 is 15.0 Å². The third kappa shape index (κ3) is 7.77. The molecule has 0 radical (unpaired) electrons. The van der Waals surface area contributed by atoms with Crippen molar-refractivity contribution >= 4 is 55.1 Å². The Hall–Kier alpha value is -3.08. The molecule has 0 saturated carbocycles. The number of methoxy groups -OCH3 is 1. The quantitative estimate of drug-likeness (QED) is 0.293. The van der Waals surface area contributed by atoms with Crippen molar-refractivity contribution in [3.05, 3.63) is 87.4 Å². The molecule has 1 N–H and O–H groups in total. The van der Waals surface area contributed by atoms with Gasteiger partial charge in [0.15, 0.2) is 0 Å². The molecule has 0 saturated heterocycles. The van der Waals surface area contributed by atoms with Crippen molar-refractivity contribution in [2.45, 2.75) is 51.2 Å². The van der Waals surface area contributed by atoms with Crippen LogP contribution in [-0.2, 0) is 26.2 Å². The van der Waals surface area contributed by atoms with Crippen LogP contribution >= 0.6 is 27.5 Å². The molecule has 0 aliphatic carbocycles. The van der Waals surface area contributed by atoms with Gasteiger partial charge in [0.2, 0.25) is 11.8 Å². The average Bonchev–Trinajstić information content (AvgIpc) is 2.90. The van der Waals surface area contributed by atoms with Crippen molar-refractivity contribution < 1.29 is 22.7 Å². The van der Waals surface area contributed by atoms with Gasteiger partial charge in [-0.3, -0.25) is 13.9 Å². The second-order valence-corrected chi connectivity index (χ2v) is 12.8. The van der Waals surface area contributed by atoms with Crippen molar-refractivity contribution in [2.24, 2.45) is 0 Å². The fraction of sp³-hybridized carbons (Fsp3) is 0.310. The zero-order valence-corrected chi connectivity index (χ0v) is 26.2. The van der Waals surface area contributed by atoms with Gasteiger partial charge in [0.25, 0.3) is 10.0 Å². The van der Waals surface area contributed by atoms with Crippen molar-refractivity contribution in [3.63, 3.8) is 0 Å². The second-order valence-electron chi connectivity index (χ2n) is 9.63. The molecule has 0 spiro atoms. The van der Waals surface area contributed by atoms with Gasteiger partial charge in [-0.05, 0) is 75.7 Å². The molecule has 214 valence electrons. The van der Waals surface area contributed by atoms with Crippen LogP contribution in [0.15, 0.2) is 76.1 Å². The van der Waals surface area contributed by atoms with Crippen LogP contribution < -0.4 is 14.4 Å². The molecule has 40 heavy (non-hydrogen) atoms. The summed E-state index contributed by atoms with van der Waals surface area (Å²) in [5, 5.41) is 3.10. The smallest absolute Gasteiger partial charge is 0.264 e. The average molecular weight is 651 g/mol. The summed E-state index contributed by atoms with van der Waals surface area (Å²) in [5.74, 6) is -0.710. The van der Waals surface area contributed by atoms with Crippen molar-refractivity contribution in [3.8, 4) is 5.75 Å². The van der Waals surface area contributed by atoms with E-state index in [-0.39, 0.29) is 39.8 Å². The van der Waals surface area contributed by atoms with Gasteiger partial charge in [-0.25, -0.2) is 8.42 Å². The van der Waals surface area contributed by atoms with E-state index in [0.29, 0.717) is 0 Å². The van der Waals surface area contributed by atoms with Crippen LogP contribution in [-0.4, -0.2) is 50.9 Å². The number of nitrogens with one attached hydrogen (secondary N) is 1. The van der Waals surface area contributed by atoms with Crippen molar-refractivity contribution in [2.75, 3.05) is 18.0 Å². The lowest BCUT2D eigenvalue weighted by atomic mass is 10.1. The highest BCUT2D eigenvalue weighted by Crippen LogP contribution is 2.35. The normalized spacial score (nSPS) is 12.1. The molecule has 3 rings (SSSR count). The van der Waals surface area contributed by atoms with E-state index in [0.717, 1.165) is 19.9 Å². The monoisotopic (exact) mass is 649 g/mol. The number of halogens is 2. The molecule has 0 fully saturated rings. The van der Waals surface area contributed by atoms with Gasteiger partial charge in [0.05, 0.1) is 17.7 Å². The number of ether oxygens (including phenoxy) is 1. The Morgan fingerprint density at radius 2 is 1.62 bits per heavy atom. The van der Waals surface area contributed by atoms with Gasteiger partial charge in [-0.15, -0.1) is 0 Å². The van der Waals surface area contributed by atoms with Gasteiger partial charge in [-0.1, -0.05) is 57.4 Å². The number of sulfonamides is 1. The summed E-state index contributed by atoms with van der Waals surface area (Å²) >= 11 is 9.67.